The standard InChI is InChI=1S/C8H4Cl4O4/c9-3-1(7(13)14)2(8(15)16)4(10)6(12)5(3)11/h3,5H,(H,13,14)(H,15,16). The molecule has 1 aliphatic carbocycles. The summed E-state index contributed by atoms with van der Waals surface area (Å²) in [7, 11) is 0. The van der Waals surface area contributed by atoms with Crippen molar-refractivity contribution in [1.82, 2.24) is 0 Å². The number of rotatable bonds is 2. The Morgan fingerprint density at radius 2 is 1.50 bits per heavy atom. The number of carboxylic acids is 2. The Balaban J connectivity index is 3.52. The van der Waals surface area contributed by atoms with Crippen LogP contribution in [-0.2, 0) is 9.59 Å². The molecular weight excluding hydrogens is 302 g/mol. The summed E-state index contributed by atoms with van der Waals surface area (Å²) in [5, 5.41) is 14.8. The van der Waals surface area contributed by atoms with Crippen molar-refractivity contribution >= 4 is 58.3 Å². The number of allylic oxidation sites excluding steroid dienone is 1. The van der Waals surface area contributed by atoms with Crippen molar-refractivity contribution in [2.24, 2.45) is 0 Å². The van der Waals surface area contributed by atoms with Crippen LogP contribution in [0.4, 0.5) is 0 Å². The number of carboxylic acid groups (broad SMARTS) is 2. The Labute approximate surface area is 110 Å². The second-order valence-corrected chi connectivity index (χ2v) is 4.59. The van der Waals surface area contributed by atoms with E-state index >= 15 is 0 Å². The van der Waals surface area contributed by atoms with Crippen LogP contribution in [0.2, 0.25) is 0 Å². The predicted molar refractivity (Wildman–Crippen MR) is 60.3 cm³/mol. The van der Waals surface area contributed by atoms with E-state index < -0.39 is 38.9 Å². The van der Waals surface area contributed by atoms with E-state index in [4.69, 9.17) is 56.6 Å². The largest absolute Gasteiger partial charge is 0.478 e. The van der Waals surface area contributed by atoms with Gasteiger partial charge in [0, 0.05) is 0 Å². The molecule has 2 unspecified atom stereocenters. The van der Waals surface area contributed by atoms with E-state index in [2.05, 4.69) is 0 Å². The average molecular weight is 306 g/mol. The maximum atomic E-state index is 10.9. The van der Waals surface area contributed by atoms with E-state index in [0.717, 1.165) is 0 Å². The van der Waals surface area contributed by atoms with E-state index in [1.54, 1.807) is 0 Å². The number of alkyl halides is 2. The lowest BCUT2D eigenvalue weighted by atomic mass is 9.96. The summed E-state index contributed by atoms with van der Waals surface area (Å²) in [6.45, 7) is 0. The fourth-order valence-electron chi connectivity index (χ4n) is 1.21. The molecule has 0 saturated carbocycles. The SMILES string of the molecule is O=C(O)C1=C(C(=O)O)C(Cl)C(Cl)C(Cl)=C1Cl. The zero-order valence-electron chi connectivity index (χ0n) is 7.38. The number of hydrogen-bond acceptors (Lipinski definition) is 2. The average Bonchev–Trinajstić information content (AvgIpc) is 2.18. The first-order valence-corrected chi connectivity index (χ1v) is 5.46. The van der Waals surface area contributed by atoms with Crippen molar-refractivity contribution in [2.75, 3.05) is 0 Å². The van der Waals surface area contributed by atoms with E-state index in [1.165, 1.54) is 0 Å². The highest BCUT2D eigenvalue weighted by Crippen LogP contribution is 2.40. The van der Waals surface area contributed by atoms with Gasteiger partial charge in [-0.25, -0.2) is 9.59 Å². The van der Waals surface area contributed by atoms with Gasteiger partial charge in [0.2, 0.25) is 0 Å². The van der Waals surface area contributed by atoms with E-state index in [-0.39, 0.29) is 5.03 Å². The maximum Gasteiger partial charge on any atom is 0.337 e. The van der Waals surface area contributed by atoms with Gasteiger partial charge >= 0.3 is 11.9 Å². The Morgan fingerprint density at radius 3 is 1.88 bits per heavy atom. The molecule has 0 saturated heterocycles. The summed E-state index contributed by atoms with van der Waals surface area (Å²) < 4.78 is 0. The smallest absolute Gasteiger partial charge is 0.337 e. The molecule has 8 heteroatoms. The molecule has 0 aromatic heterocycles. The van der Waals surface area contributed by atoms with E-state index in [0.29, 0.717) is 0 Å². The van der Waals surface area contributed by atoms with Gasteiger partial charge in [-0.3, -0.25) is 0 Å². The lowest BCUT2D eigenvalue weighted by Crippen LogP contribution is -2.31. The molecule has 2 N–H and O–H groups in total. The van der Waals surface area contributed by atoms with Gasteiger partial charge in [-0.15, -0.1) is 23.2 Å². The zero-order chi connectivity index (χ0) is 12.6. The van der Waals surface area contributed by atoms with Crippen LogP contribution in [-0.4, -0.2) is 32.9 Å². The molecule has 0 spiro atoms. The molecule has 0 bridgehead atoms. The van der Waals surface area contributed by atoms with Crippen molar-refractivity contribution in [2.45, 2.75) is 10.8 Å². The quantitative estimate of drug-likeness (QED) is 0.768. The molecule has 0 amide bonds. The van der Waals surface area contributed by atoms with Crippen LogP contribution in [0.25, 0.3) is 0 Å². The topological polar surface area (TPSA) is 74.6 Å². The number of carbonyl (C=O) groups is 2. The molecular formula is C8H4Cl4O4. The van der Waals surface area contributed by atoms with Crippen LogP contribution in [0, 0.1) is 0 Å². The molecule has 0 fully saturated rings. The van der Waals surface area contributed by atoms with Gasteiger partial charge in [0.15, 0.2) is 0 Å². The van der Waals surface area contributed by atoms with Gasteiger partial charge in [-0.1, -0.05) is 23.2 Å². The molecule has 1 rings (SSSR count). The summed E-state index contributed by atoms with van der Waals surface area (Å²) in [6, 6.07) is 0. The van der Waals surface area contributed by atoms with Gasteiger partial charge in [-0.2, -0.15) is 0 Å². The lowest BCUT2D eigenvalue weighted by Gasteiger charge is -2.24. The van der Waals surface area contributed by atoms with E-state index in [1.807, 2.05) is 0 Å². The van der Waals surface area contributed by atoms with E-state index in [9.17, 15) is 9.59 Å². The van der Waals surface area contributed by atoms with Gasteiger partial charge in [-0.05, 0) is 0 Å². The third kappa shape index (κ3) is 2.15. The van der Waals surface area contributed by atoms with Crippen LogP contribution in [0.5, 0.6) is 0 Å². The van der Waals surface area contributed by atoms with Crippen LogP contribution in [0.15, 0.2) is 21.2 Å². The highest BCUT2D eigenvalue weighted by molar-refractivity contribution is 6.49. The Kier molecular flexibility index (Phi) is 4.12. The van der Waals surface area contributed by atoms with Crippen LogP contribution < -0.4 is 0 Å². The van der Waals surface area contributed by atoms with Crippen molar-refractivity contribution in [3.63, 3.8) is 0 Å². The first-order valence-electron chi connectivity index (χ1n) is 3.83. The van der Waals surface area contributed by atoms with Gasteiger partial charge in [0.1, 0.15) is 0 Å². The highest BCUT2D eigenvalue weighted by atomic mass is 35.5. The molecule has 0 heterocycles. The summed E-state index contributed by atoms with van der Waals surface area (Å²) in [4.78, 5) is 21.8. The fourth-order valence-corrected chi connectivity index (χ4v) is 2.41. The van der Waals surface area contributed by atoms with Crippen LogP contribution >= 0.6 is 46.4 Å². The number of hydrogen-bond donors (Lipinski definition) is 2. The Bertz CT molecular complexity index is 426. The first kappa shape index (κ1) is 13.6. The number of aliphatic carboxylic acids is 2. The molecule has 0 radical (unpaired) electrons. The highest BCUT2D eigenvalue weighted by Gasteiger charge is 2.40. The molecule has 4 nitrogen and oxygen atoms in total. The molecule has 1 aliphatic rings. The minimum absolute atomic E-state index is 0.175. The van der Waals surface area contributed by atoms with Crippen molar-refractivity contribution in [3.05, 3.63) is 21.2 Å². The molecule has 0 aliphatic heterocycles. The fraction of sp³-hybridized carbons (Fsp3) is 0.250. The van der Waals surface area contributed by atoms with Crippen LogP contribution in [0.3, 0.4) is 0 Å². The zero-order valence-corrected chi connectivity index (χ0v) is 10.4. The molecule has 2 atom stereocenters. The lowest BCUT2D eigenvalue weighted by molar-refractivity contribution is -0.135. The summed E-state index contributed by atoms with van der Waals surface area (Å²) in [5.74, 6) is -3.01. The first-order chi connectivity index (χ1) is 7.29. The Morgan fingerprint density at radius 1 is 1.00 bits per heavy atom. The summed E-state index contributed by atoms with van der Waals surface area (Å²) in [6.07, 6.45) is 0. The maximum absolute atomic E-state index is 10.9. The second-order valence-electron chi connectivity index (χ2n) is 2.86. The third-order valence-electron chi connectivity index (χ3n) is 1.92. The van der Waals surface area contributed by atoms with Crippen molar-refractivity contribution in [3.8, 4) is 0 Å². The molecule has 88 valence electrons. The Hall–Kier alpha value is -0.420. The van der Waals surface area contributed by atoms with Gasteiger partial charge < -0.3 is 10.2 Å². The van der Waals surface area contributed by atoms with Crippen LogP contribution in [0.1, 0.15) is 0 Å². The normalized spacial score (nSPS) is 26.0. The predicted octanol–water partition coefficient (Wildman–Crippen LogP) is 2.37. The molecule has 16 heavy (non-hydrogen) atoms. The van der Waals surface area contributed by atoms with Gasteiger partial charge in [0.25, 0.3) is 0 Å². The van der Waals surface area contributed by atoms with Crippen molar-refractivity contribution < 1.29 is 19.8 Å². The summed E-state index contributed by atoms with van der Waals surface area (Å²) in [5.41, 5.74) is -1.19. The van der Waals surface area contributed by atoms with Crippen molar-refractivity contribution in [1.29, 1.82) is 0 Å². The summed E-state index contributed by atoms with van der Waals surface area (Å²) >= 11 is 22.7. The van der Waals surface area contributed by atoms with Gasteiger partial charge in [0.05, 0.1) is 32.0 Å². The number of halogens is 4. The molecule has 0 aromatic rings. The molecule has 0 aromatic carbocycles. The minimum atomic E-state index is -1.52. The third-order valence-corrected chi connectivity index (χ3v) is 4.01. The monoisotopic (exact) mass is 304 g/mol. The minimum Gasteiger partial charge on any atom is -0.478 e. The second kappa shape index (κ2) is 4.84.